The first-order valence-electron chi connectivity index (χ1n) is 11.9. The number of primary amides is 1. The minimum atomic E-state index is -0.634. The molecule has 1 amide bonds. The van der Waals surface area contributed by atoms with Gasteiger partial charge in [-0.3, -0.25) is 9.69 Å². The number of carbonyl (C=O) groups is 1. The number of hydrogen-bond donors (Lipinski definition) is 2. The van der Waals surface area contributed by atoms with Crippen LogP contribution >= 0.6 is 0 Å². The number of β-amino-alcohol motifs (C(OH)–C–C–N with tert-alkyl or cyclic N) is 1. The number of rotatable bonds is 7. The molecule has 3 N–H and O–H groups in total. The number of likely N-dealkylation sites (tertiary alicyclic amines) is 1. The maximum Gasteiger partial charge on any atom is 0.288 e. The number of amides is 1. The van der Waals surface area contributed by atoms with Crippen LogP contribution in [0, 0.1) is 6.92 Å². The first-order chi connectivity index (χ1) is 16.9. The van der Waals surface area contributed by atoms with Crippen LogP contribution in [0.1, 0.15) is 39.6 Å². The van der Waals surface area contributed by atoms with E-state index < -0.39 is 5.91 Å². The quantitative estimate of drug-likeness (QED) is 0.434. The largest absolute Gasteiger partial charge is 0.392 e. The second-order valence-electron chi connectivity index (χ2n) is 9.17. The summed E-state index contributed by atoms with van der Waals surface area (Å²) >= 11 is 0. The first kappa shape index (κ1) is 23.0. The van der Waals surface area contributed by atoms with Crippen molar-refractivity contribution in [3.05, 3.63) is 101 Å². The van der Waals surface area contributed by atoms with Gasteiger partial charge < -0.3 is 10.8 Å². The number of nitrogens with two attached hydrogens (primary N) is 1. The monoisotopic (exact) mass is 467 g/mol. The number of benzene rings is 3. The summed E-state index contributed by atoms with van der Waals surface area (Å²) in [6.07, 6.45) is 1.51. The predicted molar refractivity (Wildman–Crippen MR) is 135 cm³/mol. The van der Waals surface area contributed by atoms with Crippen LogP contribution in [0.3, 0.4) is 0 Å². The van der Waals surface area contributed by atoms with E-state index in [1.165, 1.54) is 27.8 Å². The van der Waals surface area contributed by atoms with Gasteiger partial charge in [0.25, 0.3) is 5.91 Å². The van der Waals surface area contributed by atoms with Crippen molar-refractivity contribution in [2.24, 2.45) is 5.73 Å². The number of carbonyl (C=O) groups excluding carboxylic acids is 1. The lowest BCUT2D eigenvalue weighted by atomic mass is 9.99. The van der Waals surface area contributed by atoms with Gasteiger partial charge in [0.05, 0.1) is 11.8 Å². The first-order valence-corrected chi connectivity index (χ1v) is 11.9. The molecular formula is C28H29N5O2. The van der Waals surface area contributed by atoms with Gasteiger partial charge in [-0.25, -0.2) is 9.67 Å². The Labute approximate surface area is 204 Å². The van der Waals surface area contributed by atoms with E-state index >= 15 is 0 Å². The lowest BCUT2D eigenvalue weighted by Gasteiger charge is -2.15. The zero-order valence-electron chi connectivity index (χ0n) is 19.8. The molecule has 1 fully saturated rings. The maximum atomic E-state index is 11.3. The lowest BCUT2D eigenvalue weighted by molar-refractivity contribution is 0.0990. The molecule has 7 heteroatoms. The van der Waals surface area contributed by atoms with Gasteiger partial charge in [0.2, 0.25) is 5.82 Å². The second kappa shape index (κ2) is 9.82. The van der Waals surface area contributed by atoms with Crippen molar-refractivity contribution in [2.75, 3.05) is 13.1 Å². The van der Waals surface area contributed by atoms with E-state index in [0.717, 1.165) is 38.2 Å². The van der Waals surface area contributed by atoms with Gasteiger partial charge in [-0.1, -0.05) is 60.7 Å². The molecule has 1 aliphatic rings. The molecule has 1 atom stereocenters. The summed E-state index contributed by atoms with van der Waals surface area (Å²) in [5.74, 6) is 0.00318. The lowest BCUT2D eigenvalue weighted by Crippen LogP contribution is -2.21. The second-order valence-corrected chi connectivity index (χ2v) is 9.17. The van der Waals surface area contributed by atoms with Crippen LogP contribution in [0.15, 0.2) is 72.8 Å². The Balaban J connectivity index is 1.22. The van der Waals surface area contributed by atoms with Crippen molar-refractivity contribution < 1.29 is 9.90 Å². The molecule has 0 unspecified atom stereocenters. The van der Waals surface area contributed by atoms with Crippen molar-refractivity contribution >= 4 is 5.91 Å². The molecular weight excluding hydrogens is 438 g/mol. The van der Waals surface area contributed by atoms with Gasteiger partial charge in [0.15, 0.2) is 0 Å². The van der Waals surface area contributed by atoms with Gasteiger partial charge in [0, 0.05) is 19.6 Å². The highest BCUT2D eigenvalue weighted by atomic mass is 16.3. The number of nitrogens with zero attached hydrogens (tertiary/aromatic N) is 4. The topological polar surface area (TPSA) is 97.3 Å². The highest BCUT2D eigenvalue weighted by molar-refractivity contribution is 5.88. The summed E-state index contributed by atoms with van der Waals surface area (Å²) in [5, 5.41) is 13.9. The molecule has 0 bridgehead atoms. The van der Waals surface area contributed by atoms with Crippen LogP contribution in [-0.2, 0) is 13.0 Å². The molecule has 1 aliphatic heterocycles. The van der Waals surface area contributed by atoms with E-state index in [9.17, 15) is 9.90 Å². The van der Waals surface area contributed by atoms with E-state index in [4.69, 9.17) is 5.73 Å². The Bertz CT molecular complexity index is 1310. The fourth-order valence-corrected chi connectivity index (χ4v) is 4.56. The van der Waals surface area contributed by atoms with E-state index in [2.05, 4.69) is 75.6 Å². The van der Waals surface area contributed by atoms with Crippen LogP contribution in [-0.4, -0.2) is 49.9 Å². The van der Waals surface area contributed by atoms with Crippen LogP contribution in [0.5, 0.6) is 0 Å². The highest BCUT2D eigenvalue weighted by Gasteiger charge is 2.19. The van der Waals surface area contributed by atoms with Crippen LogP contribution in [0.25, 0.3) is 16.8 Å². The normalized spacial score (nSPS) is 16.0. The summed E-state index contributed by atoms with van der Waals surface area (Å²) in [5.41, 5.74) is 12.2. The van der Waals surface area contributed by atoms with E-state index in [1.54, 1.807) is 11.6 Å². The summed E-state index contributed by atoms with van der Waals surface area (Å²) in [6, 6.07) is 25.4. The molecule has 0 aliphatic carbocycles. The van der Waals surface area contributed by atoms with Gasteiger partial charge in [-0.2, -0.15) is 0 Å². The third-order valence-corrected chi connectivity index (χ3v) is 6.47. The number of aryl methyl sites for hydroxylation is 1. The molecule has 3 aromatic carbocycles. The average molecular weight is 468 g/mol. The van der Waals surface area contributed by atoms with E-state index in [-0.39, 0.29) is 11.9 Å². The molecule has 1 saturated heterocycles. The number of aromatic nitrogens is 3. The molecule has 0 saturated carbocycles. The third-order valence-electron chi connectivity index (χ3n) is 6.47. The van der Waals surface area contributed by atoms with Crippen molar-refractivity contribution in [1.82, 2.24) is 19.7 Å². The number of aliphatic hydroxyl groups excluding tert-OH is 1. The van der Waals surface area contributed by atoms with Gasteiger partial charge >= 0.3 is 0 Å². The maximum absolute atomic E-state index is 11.3. The summed E-state index contributed by atoms with van der Waals surface area (Å²) in [6.45, 7) is 4.41. The molecule has 2 heterocycles. The smallest absolute Gasteiger partial charge is 0.288 e. The van der Waals surface area contributed by atoms with Gasteiger partial charge in [0.1, 0.15) is 5.82 Å². The molecule has 35 heavy (non-hydrogen) atoms. The Morgan fingerprint density at radius 1 is 0.943 bits per heavy atom. The molecule has 7 nitrogen and oxygen atoms in total. The van der Waals surface area contributed by atoms with Crippen LogP contribution in [0.4, 0.5) is 0 Å². The third kappa shape index (κ3) is 5.31. The number of hydrogen-bond acceptors (Lipinski definition) is 5. The minimum Gasteiger partial charge on any atom is -0.392 e. The fraction of sp³-hybridized carbons (Fsp3) is 0.250. The van der Waals surface area contributed by atoms with E-state index in [0.29, 0.717) is 5.82 Å². The zero-order valence-corrected chi connectivity index (χ0v) is 19.8. The highest BCUT2D eigenvalue weighted by Crippen LogP contribution is 2.23. The standard InChI is InChI=1S/C28H29N5O2/c1-19-30-28(27(29)35)31-33(19)25-12-6-21(7-13-25)16-20-2-8-23(9-3-20)24-10-4-22(5-11-24)17-32-15-14-26(34)18-32/h2-13,26,34H,14-18H2,1H3,(H2,29,35)/t26-/m1/s1. The minimum absolute atomic E-state index is 0.0211. The van der Waals surface area contributed by atoms with Gasteiger partial charge in [-0.15, -0.1) is 5.10 Å². The number of aliphatic hydroxyl groups is 1. The van der Waals surface area contributed by atoms with Crippen molar-refractivity contribution in [3.8, 4) is 16.8 Å². The zero-order chi connectivity index (χ0) is 24.4. The van der Waals surface area contributed by atoms with Crippen molar-refractivity contribution in [2.45, 2.75) is 32.4 Å². The molecule has 0 radical (unpaired) electrons. The summed E-state index contributed by atoms with van der Waals surface area (Å²) in [7, 11) is 0. The van der Waals surface area contributed by atoms with Crippen molar-refractivity contribution in [1.29, 1.82) is 0 Å². The van der Waals surface area contributed by atoms with Crippen LogP contribution < -0.4 is 5.73 Å². The molecule has 178 valence electrons. The molecule has 0 spiro atoms. The summed E-state index contributed by atoms with van der Waals surface area (Å²) < 4.78 is 1.62. The summed E-state index contributed by atoms with van der Waals surface area (Å²) in [4.78, 5) is 17.7. The molecule has 1 aromatic heterocycles. The molecule has 5 rings (SSSR count). The Kier molecular flexibility index (Phi) is 6.44. The van der Waals surface area contributed by atoms with Gasteiger partial charge in [-0.05, 0) is 59.7 Å². The fourth-order valence-electron chi connectivity index (χ4n) is 4.56. The average Bonchev–Trinajstić information content (AvgIpc) is 3.46. The van der Waals surface area contributed by atoms with E-state index in [1.807, 2.05) is 12.1 Å². The Hall–Kier alpha value is -3.81. The Morgan fingerprint density at radius 2 is 1.51 bits per heavy atom. The predicted octanol–water partition coefficient (Wildman–Crippen LogP) is 3.50. The van der Waals surface area contributed by atoms with Crippen LogP contribution in [0.2, 0.25) is 0 Å². The Morgan fingerprint density at radius 3 is 2.03 bits per heavy atom. The molecule has 4 aromatic rings. The van der Waals surface area contributed by atoms with Crippen molar-refractivity contribution in [3.63, 3.8) is 0 Å². The SMILES string of the molecule is Cc1nc(C(N)=O)nn1-c1ccc(Cc2ccc(-c3ccc(CN4CC[C@@H](O)C4)cc3)cc2)cc1.